The molecule has 0 radical (unpaired) electrons. The molecule has 0 unspecified atom stereocenters. The summed E-state index contributed by atoms with van der Waals surface area (Å²) in [5.41, 5.74) is 0.0217. The molecule has 9 nitrogen and oxygen atoms in total. The van der Waals surface area contributed by atoms with Gasteiger partial charge in [0.15, 0.2) is 4.90 Å². The maximum Gasteiger partial charge on any atom is 0.269 e. The first-order valence-electron chi connectivity index (χ1n) is 11.7. The normalized spacial score (nSPS) is 17.1. The number of methoxy groups -OCH3 is 1. The van der Waals surface area contributed by atoms with E-state index in [9.17, 15) is 22.4 Å². The van der Waals surface area contributed by atoms with Gasteiger partial charge in [-0.1, -0.05) is 13.0 Å². The van der Waals surface area contributed by atoms with Crippen molar-refractivity contribution in [2.24, 2.45) is 5.92 Å². The zero-order valence-corrected chi connectivity index (χ0v) is 21.9. The van der Waals surface area contributed by atoms with Gasteiger partial charge in [-0.25, -0.2) is 22.5 Å². The number of rotatable bonds is 7. The number of nitrogens with zero attached hydrogens (tertiary/aromatic N) is 2. The van der Waals surface area contributed by atoms with Gasteiger partial charge in [-0.2, -0.15) is 0 Å². The molecule has 0 bridgehead atoms. The van der Waals surface area contributed by atoms with Crippen LogP contribution in [-0.2, 0) is 21.4 Å². The van der Waals surface area contributed by atoms with Gasteiger partial charge in [0.05, 0.1) is 17.9 Å². The monoisotopic (exact) mass is 528 g/mol. The second-order valence-electron chi connectivity index (χ2n) is 9.85. The molecular formula is C26H29FN4O5S. The molecule has 1 fully saturated rings. The van der Waals surface area contributed by atoms with E-state index in [0.29, 0.717) is 12.2 Å². The molecule has 0 aliphatic carbocycles. The number of amides is 1. The number of pyridine rings is 2. The molecule has 1 aliphatic rings. The van der Waals surface area contributed by atoms with Crippen LogP contribution in [0, 0.1) is 11.7 Å². The summed E-state index contributed by atoms with van der Waals surface area (Å²) in [4.78, 5) is 33.7. The highest BCUT2D eigenvalue weighted by Crippen LogP contribution is 2.38. The lowest BCUT2D eigenvalue weighted by Crippen LogP contribution is -2.41. The van der Waals surface area contributed by atoms with Crippen molar-refractivity contribution in [1.82, 2.24) is 14.7 Å². The number of hydrogen-bond donors (Lipinski definition) is 2. The zero-order chi connectivity index (χ0) is 27.0. The van der Waals surface area contributed by atoms with Crippen molar-refractivity contribution in [3.8, 4) is 11.3 Å². The Morgan fingerprint density at radius 2 is 2.03 bits per heavy atom. The van der Waals surface area contributed by atoms with Crippen molar-refractivity contribution in [2.45, 2.75) is 44.2 Å². The summed E-state index contributed by atoms with van der Waals surface area (Å²) in [5.74, 6) is -0.917. The van der Waals surface area contributed by atoms with Gasteiger partial charge in [-0.15, -0.1) is 0 Å². The van der Waals surface area contributed by atoms with Gasteiger partial charge >= 0.3 is 0 Å². The molecule has 1 amide bonds. The summed E-state index contributed by atoms with van der Waals surface area (Å²) in [6.07, 6.45) is 2.11. The predicted molar refractivity (Wildman–Crippen MR) is 137 cm³/mol. The van der Waals surface area contributed by atoms with Crippen LogP contribution in [0.5, 0.6) is 0 Å². The predicted octanol–water partition coefficient (Wildman–Crippen LogP) is 3.47. The SMILES string of the molecule is COCc1ccc(F)c(-c2ccc(C(=O)NS(=O)(=O)c3ccc[nH]c3=O)c(N3C[C@@H](C)CC3(C)C)n2)c1. The molecule has 1 aromatic carbocycles. The van der Waals surface area contributed by atoms with E-state index >= 15 is 0 Å². The van der Waals surface area contributed by atoms with Gasteiger partial charge < -0.3 is 14.6 Å². The van der Waals surface area contributed by atoms with Gasteiger partial charge in [0.25, 0.3) is 21.5 Å². The summed E-state index contributed by atoms with van der Waals surface area (Å²) in [6, 6.07) is 9.94. The van der Waals surface area contributed by atoms with Crippen LogP contribution < -0.4 is 15.2 Å². The number of anilines is 1. The van der Waals surface area contributed by atoms with Crippen LogP contribution in [0.1, 0.15) is 43.1 Å². The van der Waals surface area contributed by atoms with Crippen molar-refractivity contribution < 1.29 is 22.3 Å². The van der Waals surface area contributed by atoms with E-state index in [1.165, 1.54) is 30.5 Å². The van der Waals surface area contributed by atoms with Crippen molar-refractivity contribution in [1.29, 1.82) is 0 Å². The van der Waals surface area contributed by atoms with Crippen LogP contribution in [0.15, 0.2) is 58.4 Å². The smallest absolute Gasteiger partial charge is 0.269 e. The van der Waals surface area contributed by atoms with Gasteiger partial charge in [0, 0.05) is 31.0 Å². The van der Waals surface area contributed by atoms with Gasteiger partial charge in [0.1, 0.15) is 11.6 Å². The Morgan fingerprint density at radius 3 is 2.68 bits per heavy atom. The molecule has 0 saturated carbocycles. The van der Waals surface area contributed by atoms with Crippen LogP contribution in [0.3, 0.4) is 0 Å². The molecule has 196 valence electrons. The van der Waals surface area contributed by atoms with E-state index in [1.807, 2.05) is 23.5 Å². The third kappa shape index (κ3) is 5.42. The van der Waals surface area contributed by atoms with E-state index in [1.54, 1.807) is 19.2 Å². The summed E-state index contributed by atoms with van der Waals surface area (Å²) in [6.45, 7) is 6.94. The molecule has 2 N–H and O–H groups in total. The Hall–Kier alpha value is -3.57. The van der Waals surface area contributed by atoms with Crippen molar-refractivity contribution in [3.05, 3.63) is 76.0 Å². The maximum absolute atomic E-state index is 14.8. The minimum Gasteiger partial charge on any atom is -0.380 e. The van der Waals surface area contributed by atoms with Crippen molar-refractivity contribution in [2.75, 3.05) is 18.6 Å². The van der Waals surface area contributed by atoms with Gasteiger partial charge in [-0.3, -0.25) is 9.59 Å². The van der Waals surface area contributed by atoms with E-state index in [4.69, 9.17) is 4.74 Å². The number of benzene rings is 1. The largest absolute Gasteiger partial charge is 0.380 e. The van der Waals surface area contributed by atoms with E-state index in [-0.39, 0.29) is 29.5 Å². The fraction of sp³-hybridized carbons (Fsp3) is 0.346. The minimum absolute atomic E-state index is 0.00434. The van der Waals surface area contributed by atoms with Crippen LogP contribution in [0.25, 0.3) is 11.3 Å². The molecule has 11 heteroatoms. The second-order valence-corrected chi connectivity index (χ2v) is 11.5. The molecule has 4 rings (SSSR count). The molecule has 0 spiro atoms. The maximum atomic E-state index is 14.8. The van der Waals surface area contributed by atoms with E-state index < -0.39 is 37.7 Å². The average Bonchev–Trinajstić information content (AvgIpc) is 3.11. The number of carbonyl (C=O) groups is 1. The summed E-state index contributed by atoms with van der Waals surface area (Å²) in [5, 5.41) is 0. The first-order chi connectivity index (χ1) is 17.4. The second kappa shape index (κ2) is 10.1. The Morgan fingerprint density at radius 1 is 1.27 bits per heavy atom. The lowest BCUT2D eigenvalue weighted by Gasteiger charge is -2.34. The lowest BCUT2D eigenvalue weighted by atomic mass is 9.97. The third-order valence-corrected chi connectivity index (χ3v) is 7.72. The highest BCUT2D eigenvalue weighted by atomic mass is 32.2. The first kappa shape index (κ1) is 26.5. The first-order valence-corrected chi connectivity index (χ1v) is 13.2. The number of sulfonamides is 1. The topological polar surface area (TPSA) is 121 Å². The average molecular weight is 529 g/mol. The Bertz CT molecular complexity index is 1500. The van der Waals surface area contributed by atoms with Crippen molar-refractivity contribution >= 4 is 21.7 Å². The summed E-state index contributed by atoms with van der Waals surface area (Å²) >= 11 is 0. The van der Waals surface area contributed by atoms with Gasteiger partial charge in [-0.05, 0) is 68.1 Å². The Labute approximate surface area is 214 Å². The van der Waals surface area contributed by atoms with Crippen LogP contribution in [0.2, 0.25) is 0 Å². The molecule has 37 heavy (non-hydrogen) atoms. The quantitative estimate of drug-likeness (QED) is 0.482. The van der Waals surface area contributed by atoms with Crippen LogP contribution >= 0.6 is 0 Å². The lowest BCUT2D eigenvalue weighted by molar-refractivity contribution is 0.0981. The number of aromatic amines is 1. The standard InChI is InChI=1S/C26H29FN4O5S/c1-16-13-26(2,3)31(14-16)23-18(24(32)30-37(34,35)22-6-5-11-28-25(22)33)8-10-21(29-23)19-12-17(15-36-4)7-9-20(19)27/h5-12,16H,13-15H2,1-4H3,(H,28,33)(H,30,32)/t16-/m0/s1. The number of ether oxygens (including phenoxy) is 1. The highest BCUT2D eigenvalue weighted by molar-refractivity contribution is 7.90. The molecular weight excluding hydrogens is 499 g/mol. The fourth-order valence-electron chi connectivity index (χ4n) is 4.82. The fourth-order valence-corrected chi connectivity index (χ4v) is 5.84. The zero-order valence-electron chi connectivity index (χ0n) is 21.0. The molecule has 2 aromatic heterocycles. The molecule has 1 saturated heterocycles. The molecule has 1 aliphatic heterocycles. The van der Waals surface area contributed by atoms with Gasteiger partial charge in [0.2, 0.25) is 0 Å². The number of halogens is 1. The Balaban J connectivity index is 1.81. The number of hydrogen-bond acceptors (Lipinski definition) is 7. The summed E-state index contributed by atoms with van der Waals surface area (Å²) in [7, 11) is -2.92. The third-order valence-electron chi connectivity index (χ3n) is 6.36. The van der Waals surface area contributed by atoms with Crippen molar-refractivity contribution in [3.63, 3.8) is 0 Å². The minimum atomic E-state index is -4.46. The molecule has 1 atom stereocenters. The molecule has 3 heterocycles. The van der Waals surface area contributed by atoms with E-state index in [0.717, 1.165) is 18.1 Å². The highest BCUT2D eigenvalue weighted by Gasteiger charge is 2.39. The summed E-state index contributed by atoms with van der Waals surface area (Å²) < 4.78 is 47.7. The Kier molecular flexibility index (Phi) is 7.20. The molecule has 3 aromatic rings. The van der Waals surface area contributed by atoms with E-state index in [2.05, 4.69) is 16.9 Å². The number of carbonyl (C=O) groups excluding carboxylic acids is 1. The number of aromatic nitrogens is 2. The van der Waals surface area contributed by atoms with Crippen LogP contribution in [0.4, 0.5) is 10.2 Å². The van der Waals surface area contributed by atoms with Crippen LogP contribution in [-0.4, -0.2) is 43.5 Å². The number of nitrogens with one attached hydrogen (secondary N) is 2. The number of H-pyrrole nitrogens is 1.